The highest BCUT2D eigenvalue weighted by molar-refractivity contribution is 5.92. The number of carbonyl (C=O) groups is 1. The molecule has 4 heteroatoms. The van der Waals surface area contributed by atoms with E-state index in [1.807, 2.05) is 13.8 Å². The van der Waals surface area contributed by atoms with Gasteiger partial charge in [-0.25, -0.2) is 0 Å². The molecular formula is C17H26N2O2. The third-order valence-corrected chi connectivity index (χ3v) is 4.07. The number of likely N-dealkylation sites (tertiary alicyclic amines) is 1. The van der Waals surface area contributed by atoms with E-state index < -0.39 is 0 Å². The first-order chi connectivity index (χ1) is 9.95. The van der Waals surface area contributed by atoms with Crippen LogP contribution in [0, 0.1) is 20.8 Å². The van der Waals surface area contributed by atoms with Crippen molar-refractivity contribution in [3.8, 4) is 0 Å². The quantitative estimate of drug-likeness (QED) is 0.875. The number of anilines is 1. The van der Waals surface area contributed by atoms with Crippen LogP contribution in [0.4, 0.5) is 5.69 Å². The van der Waals surface area contributed by atoms with E-state index in [1.54, 1.807) is 0 Å². The van der Waals surface area contributed by atoms with Crippen LogP contribution in [0.1, 0.15) is 36.0 Å². The van der Waals surface area contributed by atoms with Gasteiger partial charge in [0.1, 0.15) is 0 Å². The minimum atomic E-state index is -0.184. The van der Waals surface area contributed by atoms with E-state index in [0.29, 0.717) is 6.42 Å². The number of aryl methyl sites for hydroxylation is 3. The van der Waals surface area contributed by atoms with Gasteiger partial charge in [0.05, 0.1) is 6.10 Å². The third kappa shape index (κ3) is 4.55. The van der Waals surface area contributed by atoms with Crippen molar-refractivity contribution in [2.75, 3.05) is 25.0 Å². The number of nitrogens with one attached hydrogen (secondary N) is 1. The number of hydrogen-bond donors (Lipinski definition) is 2. The topological polar surface area (TPSA) is 52.6 Å². The molecule has 1 atom stereocenters. The van der Waals surface area contributed by atoms with Gasteiger partial charge in [0.15, 0.2) is 0 Å². The summed E-state index contributed by atoms with van der Waals surface area (Å²) in [6, 6.07) is 4.18. The summed E-state index contributed by atoms with van der Waals surface area (Å²) in [6.45, 7) is 8.70. The number of carbonyl (C=O) groups excluding carboxylic acids is 1. The highest BCUT2D eigenvalue weighted by atomic mass is 16.3. The fraction of sp³-hybridized carbons (Fsp3) is 0.588. The second kappa shape index (κ2) is 7.05. The second-order valence-electron chi connectivity index (χ2n) is 6.17. The lowest BCUT2D eigenvalue weighted by molar-refractivity contribution is -0.116. The number of aliphatic hydroxyl groups excluding tert-OH is 1. The van der Waals surface area contributed by atoms with Crippen molar-refractivity contribution in [2.45, 2.75) is 46.1 Å². The Labute approximate surface area is 127 Å². The predicted octanol–water partition coefficient (Wildman–Crippen LogP) is 2.40. The number of hydrogen-bond acceptors (Lipinski definition) is 3. The van der Waals surface area contributed by atoms with Gasteiger partial charge in [0, 0.05) is 25.2 Å². The van der Waals surface area contributed by atoms with Gasteiger partial charge in [-0.1, -0.05) is 17.7 Å². The van der Waals surface area contributed by atoms with Gasteiger partial charge in [-0.3, -0.25) is 4.79 Å². The molecule has 0 spiro atoms. The molecule has 1 saturated heterocycles. The first-order valence-corrected chi connectivity index (χ1v) is 7.74. The van der Waals surface area contributed by atoms with Crippen molar-refractivity contribution >= 4 is 11.6 Å². The van der Waals surface area contributed by atoms with Gasteiger partial charge in [-0.2, -0.15) is 0 Å². The SMILES string of the molecule is Cc1cc(C)c(NC(=O)CCCN2CCC(O)C2)c(C)c1. The molecular weight excluding hydrogens is 264 g/mol. The predicted molar refractivity (Wildman–Crippen MR) is 85.6 cm³/mol. The summed E-state index contributed by atoms with van der Waals surface area (Å²) >= 11 is 0. The Morgan fingerprint density at radius 2 is 2.00 bits per heavy atom. The maximum absolute atomic E-state index is 12.1. The first kappa shape index (κ1) is 16.0. The van der Waals surface area contributed by atoms with Gasteiger partial charge in [-0.05, 0) is 51.3 Å². The van der Waals surface area contributed by atoms with Gasteiger partial charge in [-0.15, -0.1) is 0 Å². The van der Waals surface area contributed by atoms with Gasteiger partial charge in [0.2, 0.25) is 5.91 Å². The molecule has 1 aromatic rings. The Kier molecular flexibility index (Phi) is 5.37. The lowest BCUT2D eigenvalue weighted by Gasteiger charge is -2.15. The van der Waals surface area contributed by atoms with E-state index in [-0.39, 0.29) is 12.0 Å². The Morgan fingerprint density at radius 3 is 2.57 bits per heavy atom. The molecule has 21 heavy (non-hydrogen) atoms. The fourth-order valence-electron chi connectivity index (χ4n) is 3.06. The highest BCUT2D eigenvalue weighted by Crippen LogP contribution is 2.22. The zero-order chi connectivity index (χ0) is 15.4. The summed E-state index contributed by atoms with van der Waals surface area (Å²) in [7, 11) is 0. The van der Waals surface area contributed by atoms with Crippen LogP contribution >= 0.6 is 0 Å². The Hall–Kier alpha value is -1.39. The monoisotopic (exact) mass is 290 g/mol. The molecule has 2 rings (SSSR count). The normalized spacial score (nSPS) is 19.0. The van der Waals surface area contributed by atoms with Gasteiger partial charge in [0.25, 0.3) is 0 Å². The number of nitrogens with zero attached hydrogens (tertiary/aromatic N) is 1. The summed E-state index contributed by atoms with van der Waals surface area (Å²) in [5.74, 6) is 0.0739. The van der Waals surface area contributed by atoms with Crippen molar-refractivity contribution in [1.29, 1.82) is 0 Å². The van der Waals surface area contributed by atoms with Crippen molar-refractivity contribution < 1.29 is 9.90 Å². The molecule has 1 unspecified atom stereocenters. The Morgan fingerprint density at radius 1 is 1.33 bits per heavy atom. The second-order valence-corrected chi connectivity index (χ2v) is 6.17. The van der Waals surface area contributed by atoms with Crippen LogP contribution in [-0.2, 0) is 4.79 Å². The van der Waals surface area contributed by atoms with Crippen molar-refractivity contribution in [3.05, 3.63) is 28.8 Å². The van der Waals surface area contributed by atoms with Crippen molar-refractivity contribution in [1.82, 2.24) is 4.90 Å². The van der Waals surface area contributed by atoms with Crippen molar-refractivity contribution in [3.63, 3.8) is 0 Å². The smallest absolute Gasteiger partial charge is 0.224 e. The number of rotatable bonds is 5. The minimum Gasteiger partial charge on any atom is -0.392 e. The number of amides is 1. The summed E-state index contributed by atoms with van der Waals surface area (Å²) in [4.78, 5) is 14.3. The number of β-amino-alcohol motifs (C(OH)–C–C–N with tert-alkyl or cyclic N) is 1. The molecule has 1 amide bonds. The highest BCUT2D eigenvalue weighted by Gasteiger charge is 2.19. The standard InChI is InChI=1S/C17H26N2O2/c1-12-9-13(2)17(14(3)10-12)18-16(21)5-4-7-19-8-6-15(20)11-19/h9-10,15,20H,4-8,11H2,1-3H3,(H,18,21). The van der Waals surface area contributed by atoms with Gasteiger partial charge < -0.3 is 15.3 Å². The molecule has 2 N–H and O–H groups in total. The summed E-state index contributed by atoms with van der Waals surface area (Å²) < 4.78 is 0. The zero-order valence-corrected chi connectivity index (χ0v) is 13.3. The molecule has 1 aromatic carbocycles. The molecule has 1 aliphatic heterocycles. The molecule has 0 saturated carbocycles. The van der Waals surface area contributed by atoms with E-state index in [2.05, 4.69) is 29.3 Å². The van der Waals surface area contributed by atoms with Crippen molar-refractivity contribution in [2.24, 2.45) is 0 Å². The maximum atomic E-state index is 12.1. The van der Waals surface area contributed by atoms with E-state index >= 15 is 0 Å². The average molecular weight is 290 g/mol. The summed E-state index contributed by atoms with van der Waals surface area (Å²) in [5.41, 5.74) is 4.39. The van der Waals surface area contributed by atoms with Crippen LogP contribution in [0.2, 0.25) is 0 Å². The Bertz CT molecular complexity index is 491. The lowest BCUT2D eigenvalue weighted by atomic mass is 10.0. The van der Waals surface area contributed by atoms with Crippen LogP contribution in [-0.4, -0.2) is 41.7 Å². The molecule has 0 aromatic heterocycles. The maximum Gasteiger partial charge on any atom is 0.224 e. The molecule has 1 aliphatic rings. The van der Waals surface area contributed by atoms with E-state index in [9.17, 15) is 9.90 Å². The minimum absolute atomic E-state index is 0.0739. The molecule has 116 valence electrons. The lowest BCUT2D eigenvalue weighted by Crippen LogP contribution is -2.24. The molecule has 0 aliphatic carbocycles. The van der Waals surface area contributed by atoms with Crippen LogP contribution in [0.3, 0.4) is 0 Å². The van der Waals surface area contributed by atoms with Crippen LogP contribution in [0.5, 0.6) is 0 Å². The molecule has 0 bridgehead atoms. The number of benzene rings is 1. The average Bonchev–Trinajstić information content (AvgIpc) is 2.79. The van der Waals surface area contributed by atoms with Gasteiger partial charge >= 0.3 is 0 Å². The molecule has 4 nitrogen and oxygen atoms in total. The largest absolute Gasteiger partial charge is 0.392 e. The molecule has 0 radical (unpaired) electrons. The van der Waals surface area contributed by atoms with Crippen LogP contribution in [0.15, 0.2) is 12.1 Å². The molecule has 1 fully saturated rings. The van der Waals surface area contributed by atoms with E-state index in [1.165, 1.54) is 5.56 Å². The van der Waals surface area contributed by atoms with E-state index in [0.717, 1.165) is 49.3 Å². The molecule has 1 heterocycles. The summed E-state index contributed by atoms with van der Waals surface area (Å²) in [6.07, 6.45) is 2.03. The number of aliphatic hydroxyl groups is 1. The fourth-order valence-corrected chi connectivity index (χ4v) is 3.06. The van der Waals surface area contributed by atoms with Crippen LogP contribution in [0.25, 0.3) is 0 Å². The summed E-state index contributed by atoms with van der Waals surface area (Å²) in [5, 5.41) is 12.5. The van der Waals surface area contributed by atoms with E-state index in [4.69, 9.17) is 0 Å². The first-order valence-electron chi connectivity index (χ1n) is 7.74. The third-order valence-electron chi connectivity index (χ3n) is 4.07. The van der Waals surface area contributed by atoms with Crippen LogP contribution < -0.4 is 5.32 Å². The zero-order valence-electron chi connectivity index (χ0n) is 13.3. The Balaban J connectivity index is 1.79.